The summed E-state index contributed by atoms with van der Waals surface area (Å²) in [6.07, 6.45) is 2.66. The van der Waals surface area contributed by atoms with E-state index in [-0.39, 0.29) is 0 Å². The molecule has 2 N–H and O–H groups in total. The van der Waals surface area contributed by atoms with Crippen LogP contribution in [0.15, 0.2) is 28.7 Å². The third-order valence-electron chi connectivity index (χ3n) is 4.56. The van der Waals surface area contributed by atoms with Crippen LogP contribution in [0.5, 0.6) is 0 Å². The van der Waals surface area contributed by atoms with Gasteiger partial charge in [0.25, 0.3) is 5.91 Å². The number of nitrogens with one attached hydrogen (secondary N) is 2. The molecule has 0 bridgehead atoms. The van der Waals surface area contributed by atoms with Crippen molar-refractivity contribution in [3.8, 4) is 0 Å². The van der Waals surface area contributed by atoms with Crippen molar-refractivity contribution in [3.05, 3.63) is 50.3 Å². The van der Waals surface area contributed by atoms with Gasteiger partial charge in [-0.2, -0.15) is 0 Å². The Morgan fingerprint density at radius 1 is 1.21 bits per heavy atom. The summed E-state index contributed by atoms with van der Waals surface area (Å²) in [5, 5.41) is 6.28. The minimum atomic E-state index is -1.87. The highest BCUT2D eigenvalue weighted by Gasteiger charge is 2.37. The smallest absolute Gasteiger partial charge is 0.341 e. The molecule has 29 heavy (non-hydrogen) atoms. The van der Waals surface area contributed by atoms with E-state index < -0.39 is 21.8 Å². The molecule has 0 saturated heterocycles. The number of alkyl halides is 3. The molecule has 1 heterocycles. The number of thiophene rings is 1. The van der Waals surface area contributed by atoms with Gasteiger partial charge in [-0.05, 0) is 59.3 Å². The van der Waals surface area contributed by atoms with Crippen molar-refractivity contribution >= 4 is 78.9 Å². The predicted octanol–water partition coefficient (Wildman–Crippen LogP) is 5.71. The van der Waals surface area contributed by atoms with E-state index in [9.17, 15) is 9.59 Å². The lowest BCUT2D eigenvalue weighted by atomic mass is 9.95. The first-order valence-electron chi connectivity index (χ1n) is 8.84. The van der Waals surface area contributed by atoms with Crippen LogP contribution in [0, 0.1) is 0 Å². The fraction of sp³-hybridized carbons (Fsp3) is 0.368. The molecule has 0 saturated carbocycles. The first-order chi connectivity index (χ1) is 13.7. The first-order valence-corrected chi connectivity index (χ1v) is 11.6. The molecule has 1 atom stereocenters. The molecule has 1 aliphatic rings. The lowest BCUT2D eigenvalue weighted by Gasteiger charge is -2.27. The van der Waals surface area contributed by atoms with Gasteiger partial charge in [0, 0.05) is 9.35 Å². The monoisotopic (exact) mass is 538 g/mol. The molecule has 1 aliphatic carbocycles. The molecule has 0 unspecified atom stereocenters. The summed E-state index contributed by atoms with van der Waals surface area (Å²) in [4.78, 5) is 26.3. The number of hydrogen-bond donors (Lipinski definition) is 2. The lowest BCUT2D eigenvalue weighted by molar-refractivity contribution is 0.0600. The number of rotatable bonds is 5. The zero-order chi connectivity index (χ0) is 21.2. The van der Waals surface area contributed by atoms with Crippen LogP contribution in [0.4, 0.5) is 5.00 Å². The van der Waals surface area contributed by atoms with Gasteiger partial charge >= 0.3 is 5.97 Å². The Morgan fingerprint density at radius 3 is 2.55 bits per heavy atom. The molecular weight excluding hydrogens is 523 g/mol. The molecule has 3 rings (SSSR count). The van der Waals surface area contributed by atoms with Crippen molar-refractivity contribution in [2.75, 3.05) is 12.4 Å². The van der Waals surface area contributed by atoms with Crippen molar-refractivity contribution in [2.45, 2.75) is 35.6 Å². The molecule has 1 aromatic heterocycles. The van der Waals surface area contributed by atoms with Crippen LogP contribution in [0.2, 0.25) is 0 Å². The van der Waals surface area contributed by atoms with E-state index in [2.05, 4.69) is 26.6 Å². The average molecular weight is 541 g/mol. The molecule has 0 aliphatic heterocycles. The molecular formula is C19H18BrCl3N2O3S. The van der Waals surface area contributed by atoms with Gasteiger partial charge in [-0.25, -0.2) is 4.79 Å². The molecule has 5 nitrogen and oxygen atoms in total. The van der Waals surface area contributed by atoms with Crippen LogP contribution in [0.1, 0.15) is 44.0 Å². The number of carbonyl (C=O) groups excluding carboxylic acids is 2. The van der Waals surface area contributed by atoms with E-state index in [0.717, 1.165) is 36.1 Å². The summed E-state index contributed by atoms with van der Waals surface area (Å²) in [6, 6.07) is 6.93. The minimum absolute atomic E-state index is 0.396. The highest BCUT2D eigenvalue weighted by Crippen LogP contribution is 2.40. The largest absolute Gasteiger partial charge is 0.465 e. The number of ether oxygens (including phenoxy) is 1. The number of esters is 1. The van der Waals surface area contributed by atoms with E-state index in [1.54, 1.807) is 24.3 Å². The number of amides is 1. The van der Waals surface area contributed by atoms with Gasteiger partial charge in [0.2, 0.25) is 3.79 Å². The molecule has 2 aromatic rings. The Balaban J connectivity index is 1.92. The van der Waals surface area contributed by atoms with Crippen molar-refractivity contribution in [1.82, 2.24) is 5.32 Å². The number of carbonyl (C=O) groups is 2. The van der Waals surface area contributed by atoms with Crippen LogP contribution < -0.4 is 10.6 Å². The normalized spacial score (nSPS) is 14.7. The highest BCUT2D eigenvalue weighted by atomic mass is 79.9. The number of halogens is 4. The number of hydrogen-bond acceptors (Lipinski definition) is 5. The van der Waals surface area contributed by atoms with Crippen LogP contribution in [0.25, 0.3) is 0 Å². The predicted molar refractivity (Wildman–Crippen MR) is 122 cm³/mol. The van der Waals surface area contributed by atoms with Gasteiger partial charge in [-0.15, -0.1) is 11.3 Å². The minimum Gasteiger partial charge on any atom is -0.465 e. The van der Waals surface area contributed by atoms with Gasteiger partial charge < -0.3 is 15.4 Å². The Kier molecular flexibility index (Phi) is 7.38. The van der Waals surface area contributed by atoms with Crippen molar-refractivity contribution in [3.63, 3.8) is 0 Å². The first kappa shape index (κ1) is 22.7. The topological polar surface area (TPSA) is 67.4 Å². The maximum Gasteiger partial charge on any atom is 0.341 e. The quantitative estimate of drug-likeness (QED) is 0.290. The van der Waals surface area contributed by atoms with Crippen LogP contribution in [0.3, 0.4) is 0 Å². The van der Waals surface area contributed by atoms with Gasteiger partial charge in [-0.3, -0.25) is 4.79 Å². The lowest BCUT2D eigenvalue weighted by Crippen LogP contribution is -2.49. The van der Waals surface area contributed by atoms with Gasteiger partial charge in [0.15, 0.2) is 0 Å². The number of benzene rings is 1. The van der Waals surface area contributed by atoms with E-state index in [0.29, 0.717) is 20.6 Å². The summed E-state index contributed by atoms with van der Waals surface area (Å²) in [5.41, 5.74) is 1.81. The summed E-state index contributed by atoms with van der Waals surface area (Å²) < 4.78 is 3.72. The third-order valence-corrected chi connectivity index (χ3v) is 7.13. The summed E-state index contributed by atoms with van der Waals surface area (Å²) in [7, 11) is 1.33. The molecule has 156 valence electrons. The van der Waals surface area contributed by atoms with E-state index in [4.69, 9.17) is 39.5 Å². The third kappa shape index (κ3) is 5.20. The van der Waals surface area contributed by atoms with Crippen LogP contribution in [-0.4, -0.2) is 28.9 Å². The maximum atomic E-state index is 12.7. The SMILES string of the molecule is COC(=O)c1c(N[C@@H](NC(=O)c2ccccc2Br)C(Cl)(Cl)Cl)sc2c1CCCC2. The number of fused-ring (bicyclic) bond motifs is 1. The van der Waals surface area contributed by atoms with Crippen molar-refractivity contribution in [1.29, 1.82) is 0 Å². The second-order valence-corrected chi connectivity index (χ2v) is 10.8. The Labute approximate surface area is 196 Å². The second kappa shape index (κ2) is 9.43. The van der Waals surface area contributed by atoms with E-state index >= 15 is 0 Å². The van der Waals surface area contributed by atoms with E-state index in [1.165, 1.54) is 18.4 Å². The van der Waals surface area contributed by atoms with Crippen molar-refractivity contribution < 1.29 is 14.3 Å². The van der Waals surface area contributed by atoms with Crippen LogP contribution in [-0.2, 0) is 17.6 Å². The van der Waals surface area contributed by atoms with Gasteiger partial charge in [0.1, 0.15) is 11.2 Å². The average Bonchev–Trinajstić information content (AvgIpc) is 3.04. The maximum absolute atomic E-state index is 12.7. The zero-order valence-electron chi connectivity index (χ0n) is 15.4. The van der Waals surface area contributed by atoms with Gasteiger partial charge in [0.05, 0.1) is 18.2 Å². The Bertz CT molecular complexity index is 930. The van der Waals surface area contributed by atoms with Crippen molar-refractivity contribution in [2.24, 2.45) is 0 Å². The summed E-state index contributed by atoms with van der Waals surface area (Å²) >= 11 is 23.2. The van der Waals surface area contributed by atoms with E-state index in [1.807, 2.05) is 0 Å². The van der Waals surface area contributed by atoms with Gasteiger partial charge in [-0.1, -0.05) is 46.9 Å². The fourth-order valence-electron chi connectivity index (χ4n) is 3.17. The standard InChI is InChI=1S/C19H18BrCl3N2O3S/c1-28-17(27)14-11-7-3-5-9-13(11)29-16(14)25-18(19(21,22)23)24-15(26)10-6-2-4-8-12(10)20/h2,4,6,8,18,25H,3,5,7,9H2,1H3,(H,24,26)/t18-/m1/s1. The molecule has 10 heteroatoms. The molecule has 0 radical (unpaired) electrons. The molecule has 0 spiro atoms. The number of anilines is 1. The zero-order valence-corrected chi connectivity index (χ0v) is 20.0. The summed E-state index contributed by atoms with van der Waals surface area (Å²) in [6.45, 7) is 0. The molecule has 0 fully saturated rings. The highest BCUT2D eigenvalue weighted by molar-refractivity contribution is 9.10. The Morgan fingerprint density at radius 2 is 1.90 bits per heavy atom. The molecule has 1 amide bonds. The molecule has 1 aromatic carbocycles. The number of methoxy groups -OCH3 is 1. The Hall–Kier alpha value is -0.990. The number of aryl methyl sites for hydroxylation is 1. The second-order valence-electron chi connectivity index (χ2n) is 6.48. The fourth-order valence-corrected chi connectivity index (χ4v) is 5.27. The van der Waals surface area contributed by atoms with Crippen LogP contribution >= 0.6 is 62.1 Å². The summed E-state index contributed by atoms with van der Waals surface area (Å²) in [5.74, 6) is -0.880.